The van der Waals surface area contributed by atoms with Crippen molar-refractivity contribution in [3.8, 4) is 5.75 Å². The lowest BCUT2D eigenvalue weighted by Gasteiger charge is -2.14. The first-order valence-corrected chi connectivity index (χ1v) is 8.44. The summed E-state index contributed by atoms with van der Waals surface area (Å²) in [4.78, 5) is 29.0. The summed E-state index contributed by atoms with van der Waals surface area (Å²) in [5.74, 6) is 0.299. The number of esters is 1. The van der Waals surface area contributed by atoms with E-state index >= 15 is 0 Å². The Morgan fingerprint density at radius 1 is 1.26 bits per heavy atom. The molecule has 1 amide bonds. The maximum absolute atomic E-state index is 12.5. The Kier molecular flexibility index (Phi) is 5.40. The molecule has 7 heteroatoms. The van der Waals surface area contributed by atoms with Crippen LogP contribution < -0.4 is 10.1 Å². The van der Waals surface area contributed by atoms with Crippen LogP contribution in [-0.4, -0.2) is 30.1 Å². The standard InChI is InChI=1S/C20H20N2O5/c1-12-17(9-14-6-7-15(25-3)10-18(14)22-12)20(24)27-13(2)19(23)21-11-16-5-4-8-26-16/h4-10,13H,11H2,1-3H3,(H,21,23). The van der Waals surface area contributed by atoms with Gasteiger partial charge in [0.25, 0.3) is 5.91 Å². The van der Waals surface area contributed by atoms with E-state index in [0.717, 1.165) is 5.39 Å². The lowest BCUT2D eigenvalue weighted by molar-refractivity contribution is -0.129. The number of benzene rings is 1. The van der Waals surface area contributed by atoms with Crippen molar-refractivity contribution < 1.29 is 23.5 Å². The van der Waals surface area contributed by atoms with Crippen molar-refractivity contribution in [2.75, 3.05) is 7.11 Å². The average Bonchev–Trinajstić information content (AvgIpc) is 3.18. The molecule has 3 aromatic rings. The molecule has 0 saturated heterocycles. The number of aryl methyl sites for hydroxylation is 1. The monoisotopic (exact) mass is 368 g/mol. The summed E-state index contributed by atoms with van der Waals surface area (Å²) in [7, 11) is 1.58. The van der Waals surface area contributed by atoms with Crippen LogP contribution in [0.1, 0.15) is 28.7 Å². The lowest BCUT2D eigenvalue weighted by atomic mass is 10.1. The quantitative estimate of drug-likeness (QED) is 0.673. The molecule has 1 N–H and O–H groups in total. The number of furan rings is 1. The Hall–Kier alpha value is -3.35. The molecular weight excluding hydrogens is 348 g/mol. The minimum Gasteiger partial charge on any atom is -0.497 e. The van der Waals surface area contributed by atoms with E-state index < -0.39 is 18.0 Å². The van der Waals surface area contributed by atoms with Gasteiger partial charge in [-0.3, -0.25) is 9.78 Å². The fourth-order valence-corrected chi connectivity index (χ4v) is 2.59. The van der Waals surface area contributed by atoms with Gasteiger partial charge in [-0.05, 0) is 44.2 Å². The number of ether oxygens (including phenoxy) is 2. The zero-order valence-electron chi connectivity index (χ0n) is 15.3. The molecule has 0 saturated carbocycles. The van der Waals surface area contributed by atoms with Gasteiger partial charge < -0.3 is 19.2 Å². The third-order valence-corrected chi connectivity index (χ3v) is 4.11. The number of hydrogen-bond donors (Lipinski definition) is 1. The number of rotatable bonds is 6. The molecule has 0 bridgehead atoms. The van der Waals surface area contributed by atoms with Gasteiger partial charge in [0.05, 0.1) is 36.7 Å². The highest BCUT2D eigenvalue weighted by Crippen LogP contribution is 2.22. The van der Waals surface area contributed by atoms with E-state index in [2.05, 4.69) is 10.3 Å². The predicted octanol–water partition coefficient (Wildman–Crippen LogP) is 3.01. The summed E-state index contributed by atoms with van der Waals surface area (Å²) in [5.41, 5.74) is 1.55. The second-order valence-electron chi connectivity index (χ2n) is 6.02. The van der Waals surface area contributed by atoms with Crippen molar-refractivity contribution in [2.24, 2.45) is 0 Å². The highest BCUT2D eigenvalue weighted by molar-refractivity contribution is 5.96. The SMILES string of the molecule is COc1ccc2cc(C(=O)OC(C)C(=O)NCc3ccco3)c(C)nc2c1. The second-order valence-corrected chi connectivity index (χ2v) is 6.02. The predicted molar refractivity (Wildman–Crippen MR) is 98.5 cm³/mol. The summed E-state index contributed by atoms with van der Waals surface area (Å²) < 4.78 is 15.6. The van der Waals surface area contributed by atoms with Crippen LogP contribution in [0, 0.1) is 6.92 Å². The van der Waals surface area contributed by atoms with Crippen LogP contribution in [0.2, 0.25) is 0 Å². The molecule has 27 heavy (non-hydrogen) atoms. The molecule has 2 heterocycles. The van der Waals surface area contributed by atoms with Gasteiger partial charge in [0.1, 0.15) is 11.5 Å². The van der Waals surface area contributed by atoms with Crippen molar-refractivity contribution in [3.63, 3.8) is 0 Å². The van der Waals surface area contributed by atoms with Crippen LogP contribution in [0.15, 0.2) is 47.1 Å². The summed E-state index contributed by atoms with van der Waals surface area (Å²) in [6.45, 7) is 3.47. The topological polar surface area (TPSA) is 90.7 Å². The molecule has 0 radical (unpaired) electrons. The van der Waals surface area contributed by atoms with Crippen LogP contribution >= 0.6 is 0 Å². The molecule has 2 aromatic heterocycles. The average molecular weight is 368 g/mol. The number of hydrogen-bond acceptors (Lipinski definition) is 6. The highest BCUT2D eigenvalue weighted by atomic mass is 16.5. The molecule has 140 valence electrons. The Balaban J connectivity index is 1.69. The van der Waals surface area contributed by atoms with Crippen molar-refractivity contribution in [1.82, 2.24) is 10.3 Å². The number of carbonyl (C=O) groups excluding carboxylic acids is 2. The third kappa shape index (κ3) is 4.25. The smallest absolute Gasteiger partial charge is 0.340 e. The number of pyridine rings is 1. The maximum atomic E-state index is 12.5. The number of nitrogens with zero attached hydrogens (tertiary/aromatic N) is 1. The van der Waals surface area contributed by atoms with E-state index in [9.17, 15) is 9.59 Å². The largest absolute Gasteiger partial charge is 0.497 e. The zero-order valence-corrected chi connectivity index (χ0v) is 15.3. The molecule has 7 nitrogen and oxygen atoms in total. The van der Waals surface area contributed by atoms with Gasteiger partial charge in [-0.25, -0.2) is 4.79 Å². The van der Waals surface area contributed by atoms with Gasteiger partial charge >= 0.3 is 5.97 Å². The molecule has 1 atom stereocenters. The van der Waals surface area contributed by atoms with Crippen LogP contribution in [0.4, 0.5) is 0 Å². The fourth-order valence-electron chi connectivity index (χ4n) is 2.59. The number of nitrogens with one attached hydrogen (secondary N) is 1. The van der Waals surface area contributed by atoms with Gasteiger partial charge in [-0.2, -0.15) is 0 Å². The van der Waals surface area contributed by atoms with E-state index in [1.807, 2.05) is 6.07 Å². The van der Waals surface area contributed by atoms with Crippen molar-refractivity contribution >= 4 is 22.8 Å². The molecular formula is C20H20N2O5. The molecule has 1 aromatic carbocycles. The molecule has 0 aliphatic rings. The molecule has 1 unspecified atom stereocenters. The minimum atomic E-state index is -0.946. The number of carbonyl (C=O) groups is 2. The number of methoxy groups -OCH3 is 1. The first-order chi connectivity index (χ1) is 13.0. The second kappa shape index (κ2) is 7.90. The Bertz CT molecular complexity index is 966. The van der Waals surface area contributed by atoms with E-state index in [0.29, 0.717) is 28.3 Å². The zero-order chi connectivity index (χ0) is 19.4. The first kappa shape index (κ1) is 18.4. The van der Waals surface area contributed by atoms with E-state index in [1.54, 1.807) is 44.4 Å². The van der Waals surface area contributed by atoms with Gasteiger partial charge in [0.15, 0.2) is 6.10 Å². The lowest BCUT2D eigenvalue weighted by Crippen LogP contribution is -2.35. The number of aromatic nitrogens is 1. The van der Waals surface area contributed by atoms with Crippen LogP contribution in [0.5, 0.6) is 5.75 Å². The van der Waals surface area contributed by atoms with Gasteiger partial charge in [-0.15, -0.1) is 0 Å². The van der Waals surface area contributed by atoms with Crippen LogP contribution in [0.3, 0.4) is 0 Å². The summed E-state index contributed by atoms with van der Waals surface area (Å²) in [5, 5.41) is 3.44. The van der Waals surface area contributed by atoms with Crippen LogP contribution in [0.25, 0.3) is 10.9 Å². The Morgan fingerprint density at radius 3 is 2.78 bits per heavy atom. The van der Waals surface area contributed by atoms with E-state index in [1.165, 1.54) is 13.2 Å². The normalized spacial score (nSPS) is 11.8. The molecule has 0 spiro atoms. The molecule has 3 rings (SSSR count). The third-order valence-electron chi connectivity index (χ3n) is 4.11. The molecule has 0 fully saturated rings. The molecule has 0 aliphatic carbocycles. The molecule has 0 aliphatic heterocycles. The Morgan fingerprint density at radius 2 is 2.07 bits per heavy atom. The van der Waals surface area contributed by atoms with Crippen molar-refractivity contribution in [2.45, 2.75) is 26.5 Å². The van der Waals surface area contributed by atoms with E-state index in [-0.39, 0.29) is 6.54 Å². The van der Waals surface area contributed by atoms with Crippen LogP contribution in [-0.2, 0) is 16.1 Å². The highest BCUT2D eigenvalue weighted by Gasteiger charge is 2.21. The fraction of sp³-hybridized carbons (Fsp3) is 0.250. The summed E-state index contributed by atoms with van der Waals surface area (Å²) >= 11 is 0. The summed E-state index contributed by atoms with van der Waals surface area (Å²) in [6, 6.07) is 10.6. The van der Waals surface area contributed by atoms with E-state index in [4.69, 9.17) is 13.9 Å². The maximum Gasteiger partial charge on any atom is 0.340 e. The first-order valence-electron chi connectivity index (χ1n) is 8.44. The number of fused-ring (bicyclic) bond motifs is 1. The van der Waals surface area contributed by atoms with Crippen molar-refractivity contribution in [3.05, 3.63) is 59.7 Å². The number of amides is 1. The minimum absolute atomic E-state index is 0.228. The Labute approximate surface area is 156 Å². The van der Waals surface area contributed by atoms with Gasteiger partial charge in [0.2, 0.25) is 0 Å². The van der Waals surface area contributed by atoms with Crippen molar-refractivity contribution in [1.29, 1.82) is 0 Å². The summed E-state index contributed by atoms with van der Waals surface area (Å²) in [6.07, 6.45) is 0.578. The van der Waals surface area contributed by atoms with Gasteiger partial charge in [-0.1, -0.05) is 0 Å². The van der Waals surface area contributed by atoms with Gasteiger partial charge in [0, 0.05) is 11.5 Å².